The lowest BCUT2D eigenvalue weighted by molar-refractivity contribution is -0.192. The second kappa shape index (κ2) is 13.7. The maximum Gasteiger partial charge on any atom is 0.490 e. The van der Waals surface area contributed by atoms with Gasteiger partial charge >= 0.3 is 12.1 Å². The Labute approximate surface area is 221 Å². The number of hydroxylamine groups is 1. The second-order valence-corrected chi connectivity index (χ2v) is 10.1. The Hall–Kier alpha value is -2.95. The van der Waals surface area contributed by atoms with Crippen LogP contribution in [0.5, 0.6) is 0 Å². The molecule has 10 heteroatoms. The number of alkyl halides is 3. The van der Waals surface area contributed by atoms with E-state index < -0.39 is 18.1 Å². The number of likely N-dealkylation sites (N-methyl/N-ethyl adjacent to an activating group) is 1. The number of nitrogens with one attached hydrogen (secondary N) is 1. The van der Waals surface area contributed by atoms with Crippen molar-refractivity contribution >= 4 is 11.9 Å². The van der Waals surface area contributed by atoms with Gasteiger partial charge in [-0.25, -0.2) is 10.3 Å². The van der Waals surface area contributed by atoms with Crippen LogP contribution in [-0.4, -0.2) is 77.4 Å². The van der Waals surface area contributed by atoms with Gasteiger partial charge in [-0.3, -0.25) is 10.0 Å². The third kappa shape index (κ3) is 9.11. The highest BCUT2D eigenvalue weighted by Gasteiger charge is 2.41. The van der Waals surface area contributed by atoms with Crippen molar-refractivity contribution in [3.63, 3.8) is 0 Å². The summed E-state index contributed by atoms with van der Waals surface area (Å²) in [6.07, 6.45) is 0.990. The first-order chi connectivity index (χ1) is 18.1. The molecule has 2 fully saturated rings. The van der Waals surface area contributed by atoms with Crippen molar-refractivity contribution in [3.8, 4) is 0 Å². The number of carbonyl (C=O) groups excluding carboxylic acids is 1. The fourth-order valence-corrected chi connectivity index (χ4v) is 5.06. The fourth-order valence-electron chi connectivity index (χ4n) is 5.06. The predicted octanol–water partition coefficient (Wildman–Crippen LogP) is 4.57. The number of hydrogen-bond donors (Lipinski definition) is 3. The van der Waals surface area contributed by atoms with E-state index in [0.717, 1.165) is 37.3 Å². The maximum absolute atomic E-state index is 11.4. The van der Waals surface area contributed by atoms with Crippen LogP contribution >= 0.6 is 0 Å². The Morgan fingerprint density at radius 3 is 2.21 bits per heavy atom. The van der Waals surface area contributed by atoms with Gasteiger partial charge in [0, 0.05) is 24.1 Å². The van der Waals surface area contributed by atoms with E-state index in [2.05, 4.69) is 47.2 Å². The van der Waals surface area contributed by atoms with Gasteiger partial charge in [0.25, 0.3) is 5.91 Å². The molecule has 2 aromatic rings. The highest BCUT2D eigenvalue weighted by atomic mass is 19.4. The van der Waals surface area contributed by atoms with Crippen molar-refractivity contribution in [2.75, 3.05) is 33.2 Å². The summed E-state index contributed by atoms with van der Waals surface area (Å²) < 4.78 is 31.7. The first-order valence-electron chi connectivity index (χ1n) is 12.9. The molecule has 38 heavy (non-hydrogen) atoms. The Morgan fingerprint density at radius 1 is 1.05 bits per heavy atom. The summed E-state index contributed by atoms with van der Waals surface area (Å²) in [6, 6.07) is 19.2. The van der Waals surface area contributed by atoms with E-state index in [1.54, 1.807) is 17.6 Å². The van der Waals surface area contributed by atoms with Gasteiger partial charge in [-0.15, -0.1) is 0 Å². The number of nitrogens with zero attached hydrogens (tertiary/aromatic N) is 2. The van der Waals surface area contributed by atoms with E-state index in [-0.39, 0.29) is 0 Å². The molecule has 0 aromatic heterocycles. The number of piperidine rings is 1. The first kappa shape index (κ1) is 29.6. The van der Waals surface area contributed by atoms with E-state index in [1.165, 1.54) is 50.0 Å². The molecular weight excluding hydrogens is 499 g/mol. The molecule has 0 bridgehead atoms. The molecular formula is C28H36F3N3O4. The minimum atomic E-state index is -5.08. The molecule has 2 unspecified atom stereocenters. The fraction of sp³-hybridized carbons (Fsp3) is 0.500. The van der Waals surface area contributed by atoms with Crippen molar-refractivity contribution in [3.05, 3.63) is 71.3 Å². The van der Waals surface area contributed by atoms with Crippen LogP contribution in [-0.2, 0) is 11.2 Å². The van der Waals surface area contributed by atoms with Crippen molar-refractivity contribution in [1.29, 1.82) is 0 Å². The molecule has 2 atom stereocenters. The number of rotatable bonds is 9. The van der Waals surface area contributed by atoms with Gasteiger partial charge in [-0.1, -0.05) is 42.5 Å². The van der Waals surface area contributed by atoms with Gasteiger partial charge < -0.3 is 14.9 Å². The Morgan fingerprint density at radius 2 is 1.66 bits per heavy atom. The topological polar surface area (TPSA) is 93.1 Å². The van der Waals surface area contributed by atoms with E-state index in [9.17, 15) is 18.0 Å². The summed E-state index contributed by atoms with van der Waals surface area (Å²) in [5.74, 6) is -1.66. The van der Waals surface area contributed by atoms with Crippen LogP contribution in [0, 0.1) is 5.92 Å². The van der Waals surface area contributed by atoms with Crippen molar-refractivity contribution in [2.24, 2.45) is 5.92 Å². The average Bonchev–Trinajstić information content (AvgIpc) is 3.71. The number of likely N-dealkylation sites (tertiary alicyclic amines) is 1. The Bertz CT molecular complexity index is 1030. The molecule has 208 valence electrons. The highest BCUT2D eigenvalue weighted by molar-refractivity contribution is 5.93. The molecule has 7 nitrogen and oxygen atoms in total. The highest BCUT2D eigenvalue weighted by Crippen LogP contribution is 2.44. The molecule has 4 rings (SSSR count). The van der Waals surface area contributed by atoms with Crippen molar-refractivity contribution in [2.45, 2.75) is 50.2 Å². The van der Waals surface area contributed by atoms with E-state index in [0.29, 0.717) is 5.56 Å². The first-order valence-corrected chi connectivity index (χ1v) is 12.9. The number of amides is 1. The quantitative estimate of drug-likeness (QED) is 0.322. The molecule has 1 aliphatic carbocycles. The lowest BCUT2D eigenvalue weighted by Crippen LogP contribution is -2.39. The molecule has 1 aliphatic heterocycles. The van der Waals surface area contributed by atoms with Gasteiger partial charge in [0.1, 0.15) is 0 Å². The molecule has 3 N–H and O–H groups in total. The lowest BCUT2D eigenvalue weighted by Gasteiger charge is -2.34. The number of aryl methyl sites for hydroxylation is 1. The van der Waals surface area contributed by atoms with Gasteiger partial charge in [0.05, 0.1) is 0 Å². The Kier molecular flexibility index (Phi) is 10.7. The van der Waals surface area contributed by atoms with Gasteiger partial charge in [-0.2, -0.15) is 13.2 Å². The number of carboxylic acids is 1. The van der Waals surface area contributed by atoms with E-state index in [4.69, 9.17) is 15.1 Å². The molecule has 1 saturated carbocycles. The van der Waals surface area contributed by atoms with Crippen molar-refractivity contribution in [1.82, 2.24) is 15.3 Å². The van der Waals surface area contributed by atoms with Gasteiger partial charge in [0.2, 0.25) is 0 Å². The molecule has 1 amide bonds. The number of benzene rings is 2. The normalized spacial score (nSPS) is 19.9. The summed E-state index contributed by atoms with van der Waals surface area (Å²) in [5.41, 5.74) is 4.90. The summed E-state index contributed by atoms with van der Waals surface area (Å²) in [6.45, 7) is 4.79. The molecule has 1 heterocycles. The third-order valence-corrected chi connectivity index (χ3v) is 7.30. The van der Waals surface area contributed by atoms with Crippen LogP contribution in [0.4, 0.5) is 13.2 Å². The molecule has 0 radical (unpaired) electrons. The number of aliphatic carboxylic acids is 1. The molecule has 1 saturated heterocycles. The van der Waals surface area contributed by atoms with Crippen LogP contribution < -0.4 is 5.48 Å². The van der Waals surface area contributed by atoms with Crippen LogP contribution in [0.25, 0.3) is 0 Å². The lowest BCUT2D eigenvalue weighted by atomic mass is 9.95. The minimum Gasteiger partial charge on any atom is -0.475 e. The summed E-state index contributed by atoms with van der Waals surface area (Å²) in [5, 5.41) is 15.8. The van der Waals surface area contributed by atoms with Crippen LogP contribution in [0.15, 0.2) is 54.6 Å². The van der Waals surface area contributed by atoms with E-state index >= 15 is 0 Å². The number of halogens is 3. The predicted molar refractivity (Wildman–Crippen MR) is 137 cm³/mol. The average molecular weight is 536 g/mol. The largest absolute Gasteiger partial charge is 0.490 e. The van der Waals surface area contributed by atoms with Crippen molar-refractivity contribution < 1.29 is 33.1 Å². The van der Waals surface area contributed by atoms with Crippen LogP contribution in [0.1, 0.15) is 53.1 Å². The second-order valence-electron chi connectivity index (χ2n) is 10.1. The van der Waals surface area contributed by atoms with Gasteiger partial charge in [-0.05, 0) is 88.0 Å². The van der Waals surface area contributed by atoms with Gasteiger partial charge in [0.15, 0.2) is 0 Å². The smallest absolute Gasteiger partial charge is 0.475 e. The Balaban J connectivity index is 0.000000505. The number of carbonyl (C=O) groups is 2. The summed E-state index contributed by atoms with van der Waals surface area (Å²) in [7, 11) is 2.31. The zero-order chi connectivity index (χ0) is 27.7. The maximum atomic E-state index is 11.4. The zero-order valence-corrected chi connectivity index (χ0v) is 21.5. The monoisotopic (exact) mass is 535 g/mol. The zero-order valence-electron chi connectivity index (χ0n) is 21.5. The number of hydrogen-bond acceptors (Lipinski definition) is 5. The SMILES string of the molecule is CN(CC1CCN(CCCc2ccc(C(=O)NO)cc2)CC1)C1CC1c1ccccc1.O=C(O)C(F)(F)F. The molecule has 2 aliphatic rings. The van der Waals surface area contributed by atoms with E-state index in [1.807, 2.05) is 12.1 Å². The minimum absolute atomic E-state index is 0.461. The molecule has 2 aromatic carbocycles. The summed E-state index contributed by atoms with van der Waals surface area (Å²) in [4.78, 5) is 25.5. The summed E-state index contributed by atoms with van der Waals surface area (Å²) >= 11 is 0. The standard InChI is InChI=1S/C26H35N3O2.C2HF3O2/c1-28(25-18-24(25)22-7-3-2-4-8-22)19-21-13-16-29(17-14-21)15-5-6-20-9-11-23(12-10-20)26(30)27-31;3-2(4,5)1(6)7/h2-4,7-12,21,24-25,31H,5-6,13-19H2,1H3,(H,27,30);(H,6,7). The van der Waals surface area contributed by atoms with Crippen LogP contribution in [0.2, 0.25) is 0 Å². The third-order valence-electron chi connectivity index (χ3n) is 7.30. The van der Waals surface area contributed by atoms with Crippen LogP contribution in [0.3, 0.4) is 0 Å². The molecule has 0 spiro atoms. The number of carboxylic acid groups (broad SMARTS) is 1.